The zero-order valence-corrected chi connectivity index (χ0v) is 12.4. The van der Waals surface area contributed by atoms with E-state index in [4.69, 9.17) is 16.7 Å². The van der Waals surface area contributed by atoms with Gasteiger partial charge in [0, 0.05) is 23.8 Å². The highest BCUT2D eigenvalue weighted by Gasteiger charge is 2.18. The number of benzene rings is 1. The van der Waals surface area contributed by atoms with Crippen LogP contribution < -0.4 is 4.90 Å². The van der Waals surface area contributed by atoms with Crippen LogP contribution in [0.15, 0.2) is 30.4 Å². The Morgan fingerprint density at radius 2 is 2.16 bits per heavy atom. The van der Waals surface area contributed by atoms with Gasteiger partial charge in [-0.25, -0.2) is 0 Å². The average Bonchev–Trinajstić information content (AvgIpc) is 2.27. The molecule has 104 valence electrons. The maximum Gasteiger partial charge on any atom is 0.308 e. The van der Waals surface area contributed by atoms with E-state index in [1.807, 2.05) is 36.9 Å². The van der Waals surface area contributed by atoms with Crippen LogP contribution in [0.3, 0.4) is 0 Å². The van der Waals surface area contributed by atoms with E-state index in [0.29, 0.717) is 18.1 Å². The van der Waals surface area contributed by atoms with E-state index in [1.54, 1.807) is 6.92 Å². The third kappa shape index (κ3) is 4.60. The summed E-state index contributed by atoms with van der Waals surface area (Å²) in [6.45, 7) is 10.6. The lowest BCUT2D eigenvalue weighted by Crippen LogP contribution is -2.33. The van der Waals surface area contributed by atoms with Gasteiger partial charge >= 0.3 is 5.97 Å². The normalized spacial score (nSPS) is 12.0. The minimum absolute atomic E-state index is 0.436. The first kappa shape index (κ1) is 15.6. The van der Waals surface area contributed by atoms with Gasteiger partial charge in [0.25, 0.3) is 0 Å². The van der Waals surface area contributed by atoms with Crippen LogP contribution in [0.1, 0.15) is 19.4 Å². The van der Waals surface area contributed by atoms with Crippen LogP contribution in [0.5, 0.6) is 0 Å². The van der Waals surface area contributed by atoms with E-state index in [-0.39, 0.29) is 0 Å². The summed E-state index contributed by atoms with van der Waals surface area (Å²) in [6, 6.07) is 5.63. The molecule has 0 aliphatic heterocycles. The SMILES string of the molecule is C=C(C)CN(CC(C)C(=O)O)c1ccc(Cl)cc1C. The molecule has 0 saturated heterocycles. The number of aliphatic carboxylic acids is 1. The van der Waals surface area contributed by atoms with Crippen molar-refractivity contribution in [3.05, 3.63) is 40.9 Å². The number of carboxylic acids is 1. The number of nitrogens with zero attached hydrogens (tertiary/aromatic N) is 1. The monoisotopic (exact) mass is 281 g/mol. The largest absolute Gasteiger partial charge is 0.481 e. The van der Waals surface area contributed by atoms with E-state index in [9.17, 15) is 4.79 Å². The van der Waals surface area contributed by atoms with Crippen molar-refractivity contribution < 1.29 is 9.90 Å². The van der Waals surface area contributed by atoms with Gasteiger partial charge in [0.15, 0.2) is 0 Å². The van der Waals surface area contributed by atoms with Crippen molar-refractivity contribution in [3.63, 3.8) is 0 Å². The van der Waals surface area contributed by atoms with Crippen LogP contribution >= 0.6 is 11.6 Å². The van der Waals surface area contributed by atoms with Crippen LogP contribution in [0, 0.1) is 12.8 Å². The molecule has 0 aromatic heterocycles. The Bertz CT molecular complexity index is 485. The predicted molar refractivity (Wildman–Crippen MR) is 80.0 cm³/mol. The van der Waals surface area contributed by atoms with E-state index in [2.05, 4.69) is 6.58 Å². The molecule has 1 aromatic carbocycles. The molecule has 1 aromatic rings. The summed E-state index contributed by atoms with van der Waals surface area (Å²) in [7, 11) is 0. The molecule has 0 saturated carbocycles. The van der Waals surface area contributed by atoms with Crippen LogP contribution in [-0.2, 0) is 4.79 Å². The van der Waals surface area contributed by atoms with Gasteiger partial charge in [-0.05, 0) is 37.6 Å². The molecule has 0 heterocycles. The molecule has 0 radical (unpaired) electrons. The van der Waals surface area contributed by atoms with Crippen LogP contribution in [0.2, 0.25) is 5.02 Å². The molecule has 3 nitrogen and oxygen atoms in total. The van der Waals surface area contributed by atoms with Crippen molar-refractivity contribution in [1.82, 2.24) is 0 Å². The Labute approximate surface area is 119 Å². The third-order valence-electron chi connectivity index (χ3n) is 2.88. The molecule has 0 amide bonds. The number of anilines is 1. The van der Waals surface area contributed by atoms with Gasteiger partial charge in [-0.1, -0.05) is 30.7 Å². The summed E-state index contributed by atoms with van der Waals surface area (Å²) in [5.41, 5.74) is 3.03. The van der Waals surface area contributed by atoms with Gasteiger partial charge < -0.3 is 10.0 Å². The van der Waals surface area contributed by atoms with E-state index in [1.165, 1.54) is 0 Å². The van der Waals surface area contributed by atoms with E-state index < -0.39 is 11.9 Å². The fourth-order valence-electron chi connectivity index (χ4n) is 1.96. The summed E-state index contributed by atoms with van der Waals surface area (Å²) in [5.74, 6) is -1.23. The zero-order valence-electron chi connectivity index (χ0n) is 11.6. The number of carboxylic acid groups (broad SMARTS) is 1. The minimum Gasteiger partial charge on any atom is -0.481 e. The molecule has 0 aliphatic carbocycles. The van der Waals surface area contributed by atoms with Crippen molar-refractivity contribution in [1.29, 1.82) is 0 Å². The van der Waals surface area contributed by atoms with Gasteiger partial charge in [0.1, 0.15) is 0 Å². The summed E-state index contributed by atoms with van der Waals surface area (Å²) in [6.07, 6.45) is 0. The Morgan fingerprint density at radius 3 is 2.63 bits per heavy atom. The van der Waals surface area contributed by atoms with Crippen LogP contribution in [-0.4, -0.2) is 24.2 Å². The molecular weight excluding hydrogens is 262 g/mol. The van der Waals surface area contributed by atoms with Crippen molar-refractivity contribution in [2.75, 3.05) is 18.0 Å². The summed E-state index contributed by atoms with van der Waals surface area (Å²) in [5, 5.41) is 9.74. The smallest absolute Gasteiger partial charge is 0.308 e. The number of rotatable bonds is 6. The number of halogens is 1. The highest BCUT2D eigenvalue weighted by atomic mass is 35.5. The lowest BCUT2D eigenvalue weighted by Gasteiger charge is -2.28. The number of hydrogen-bond donors (Lipinski definition) is 1. The summed E-state index contributed by atoms with van der Waals surface area (Å²) in [4.78, 5) is 13.1. The fourth-order valence-corrected chi connectivity index (χ4v) is 2.18. The molecule has 1 N–H and O–H groups in total. The van der Waals surface area contributed by atoms with Gasteiger partial charge in [0.05, 0.1) is 5.92 Å². The van der Waals surface area contributed by atoms with Crippen LogP contribution in [0.4, 0.5) is 5.69 Å². The predicted octanol–water partition coefficient (Wildman–Crippen LogP) is 3.75. The van der Waals surface area contributed by atoms with Crippen molar-refractivity contribution in [2.45, 2.75) is 20.8 Å². The molecule has 0 bridgehead atoms. The molecular formula is C15H20ClNO2. The summed E-state index contributed by atoms with van der Waals surface area (Å²) >= 11 is 5.95. The first-order chi connectivity index (χ1) is 8.81. The fraction of sp³-hybridized carbons (Fsp3) is 0.400. The number of carbonyl (C=O) groups is 1. The Morgan fingerprint density at radius 1 is 1.53 bits per heavy atom. The maximum atomic E-state index is 11.0. The first-order valence-electron chi connectivity index (χ1n) is 6.19. The van der Waals surface area contributed by atoms with Crippen molar-refractivity contribution >= 4 is 23.3 Å². The second kappa shape index (κ2) is 6.62. The molecule has 1 rings (SSSR count). The quantitative estimate of drug-likeness (QED) is 0.807. The van der Waals surface area contributed by atoms with Crippen molar-refractivity contribution in [2.24, 2.45) is 5.92 Å². The van der Waals surface area contributed by atoms with E-state index >= 15 is 0 Å². The molecule has 0 fully saturated rings. The summed E-state index contributed by atoms with van der Waals surface area (Å²) < 4.78 is 0. The zero-order chi connectivity index (χ0) is 14.6. The highest BCUT2D eigenvalue weighted by Crippen LogP contribution is 2.25. The topological polar surface area (TPSA) is 40.5 Å². The Kier molecular flexibility index (Phi) is 5.43. The lowest BCUT2D eigenvalue weighted by molar-refractivity contribution is -0.140. The molecule has 0 spiro atoms. The average molecular weight is 282 g/mol. The second-order valence-electron chi connectivity index (χ2n) is 5.01. The van der Waals surface area contributed by atoms with E-state index in [0.717, 1.165) is 16.8 Å². The van der Waals surface area contributed by atoms with Gasteiger partial charge in [0.2, 0.25) is 0 Å². The first-order valence-corrected chi connectivity index (χ1v) is 6.57. The number of aryl methyl sites for hydroxylation is 1. The third-order valence-corrected chi connectivity index (χ3v) is 3.11. The van der Waals surface area contributed by atoms with Crippen molar-refractivity contribution in [3.8, 4) is 0 Å². The minimum atomic E-state index is -0.793. The maximum absolute atomic E-state index is 11.0. The molecule has 1 unspecified atom stereocenters. The second-order valence-corrected chi connectivity index (χ2v) is 5.44. The molecule has 4 heteroatoms. The highest BCUT2D eigenvalue weighted by molar-refractivity contribution is 6.30. The van der Waals surface area contributed by atoms with Gasteiger partial charge in [-0.2, -0.15) is 0 Å². The standard InChI is InChI=1S/C15H20ClNO2/c1-10(2)8-17(9-12(4)15(18)19)14-6-5-13(16)7-11(14)3/h5-7,12H,1,8-9H2,2-4H3,(H,18,19). The molecule has 19 heavy (non-hydrogen) atoms. The van der Waals surface area contributed by atoms with Gasteiger partial charge in [-0.3, -0.25) is 4.79 Å². The number of hydrogen-bond acceptors (Lipinski definition) is 2. The van der Waals surface area contributed by atoms with Gasteiger partial charge in [-0.15, -0.1) is 0 Å². The van der Waals surface area contributed by atoms with Crippen LogP contribution in [0.25, 0.3) is 0 Å². The Balaban J connectivity index is 3.01. The Hall–Kier alpha value is -1.48. The molecule has 0 aliphatic rings. The molecule has 1 atom stereocenters. The lowest BCUT2D eigenvalue weighted by atomic mass is 10.1.